The average Bonchev–Trinajstić information content (AvgIpc) is 2.43. The zero-order valence-corrected chi connectivity index (χ0v) is 14.9. The summed E-state index contributed by atoms with van der Waals surface area (Å²) in [6, 6.07) is 0.244. The molecule has 3 rings (SSSR count). The van der Waals surface area contributed by atoms with Crippen molar-refractivity contribution in [2.75, 3.05) is 26.0 Å². The lowest BCUT2D eigenvalue weighted by Gasteiger charge is -2.61. The van der Waals surface area contributed by atoms with Crippen LogP contribution in [0.5, 0.6) is 0 Å². The summed E-state index contributed by atoms with van der Waals surface area (Å²) in [5, 5.41) is 3.23. The van der Waals surface area contributed by atoms with Crippen LogP contribution in [0.2, 0.25) is 0 Å². The number of nitrogens with zero attached hydrogens (tertiary/aromatic N) is 1. The topological polar surface area (TPSA) is 75.7 Å². The maximum absolute atomic E-state index is 12.5. The van der Waals surface area contributed by atoms with Crippen LogP contribution < -0.4 is 5.32 Å². The van der Waals surface area contributed by atoms with Crippen molar-refractivity contribution < 1.29 is 17.9 Å². The first-order chi connectivity index (χ1) is 10.9. The number of carbonyl (C=O) groups is 1. The number of carbonyl (C=O) groups excluding carboxylic acids is 1. The van der Waals surface area contributed by atoms with E-state index in [-0.39, 0.29) is 23.3 Å². The highest BCUT2D eigenvalue weighted by atomic mass is 32.2. The molecular formula is C16H28N2O4S. The van der Waals surface area contributed by atoms with Crippen molar-refractivity contribution in [1.29, 1.82) is 0 Å². The number of piperidine rings is 1. The van der Waals surface area contributed by atoms with E-state index in [1.807, 2.05) is 6.92 Å². The van der Waals surface area contributed by atoms with E-state index in [1.54, 1.807) is 0 Å². The lowest BCUT2D eigenvalue weighted by Crippen LogP contribution is -2.68. The lowest BCUT2D eigenvalue weighted by atomic mass is 9.51. The molecule has 2 unspecified atom stereocenters. The van der Waals surface area contributed by atoms with Gasteiger partial charge in [0, 0.05) is 37.1 Å². The van der Waals surface area contributed by atoms with E-state index in [1.165, 1.54) is 17.0 Å². The molecule has 0 aromatic carbocycles. The van der Waals surface area contributed by atoms with Gasteiger partial charge >= 0.3 is 0 Å². The summed E-state index contributed by atoms with van der Waals surface area (Å²) in [4.78, 5) is 12.5. The van der Waals surface area contributed by atoms with Crippen molar-refractivity contribution in [2.24, 2.45) is 11.3 Å². The van der Waals surface area contributed by atoms with Gasteiger partial charge in [-0.15, -0.1) is 0 Å². The molecule has 3 fully saturated rings. The van der Waals surface area contributed by atoms with Crippen LogP contribution in [0.3, 0.4) is 0 Å². The highest BCUT2D eigenvalue weighted by Crippen LogP contribution is 2.57. The first-order valence-electron chi connectivity index (χ1n) is 8.74. The number of ether oxygens (including phenoxy) is 1. The van der Waals surface area contributed by atoms with Gasteiger partial charge in [-0.3, -0.25) is 4.79 Å². The smallest absolute Gasteiger partial charge is 0.223 e. The van der Waals surface area contributed by atoms with Crippen molar-refractivity contribution in [2.45, 2.75) is 57.6 Å². The highest BCUT2D eigenvalue weighted by Gasteiger charge is 2.59. The Morgan fingerprint density at radius 2 is 1.96 bits per heavy atom. The van der Waals surface area contributed by atoms with Crippen LogP contribution >= 0.6 is 0 Å². The fraction of sp³-hybridized carbons (Fsp3) is 0.938. The quantitative estimate of drug-likeness (QED) is 0.811. The molecule has 0 bridgehead atoms. The van der Waals surface area contributed by atoms with Gasteiger partial charge < -0.3 is 10.1 Å². The Morgan fingerprint density at radius 1 is 1.30 bits per heavy atom. The van der Waals surface area contributed by atoms with E-state index in [9.17, 15) is 13.2 Å². The van der Waals surface area contributed by atoms with E-state index in [0.717, 1.165) is 25.9 Å². The van der Waals surface area contributed by atoms with Crippen molar-refractivity contribution >= 4 is 15.9 Å². The molecule has 1 N–H and O–H groups in total. The summed E-state index contributed by atoms with van der Waals surface area (Å²) >= 11 is 0. The third-order valence-corrected chi connectivity index (χ3v) is 7.35. The summed E-state index contributed by atoms with van der Waals surface area (Å²) in [6.07, 6.45) is 7.21. The molecule has 0 radical (unpaired) electrons. The Morgan fingerprint density at radius 3 is 2.43 bits per heavy atom. The van der Waals surface area contributed by atoms with Gasteiger partial charge in [0.15, 0.2) is 0 Å². The molecule has 2 aliphatic carbocycles. The van der Waals surface area contributed by atoms with E-state index in [4.69, 9.17) is 4.74 Å². The second kappa shape index (κ2) is 6.33. The van der Waals surface area contributed by atoms with Crippen LogP contribution in [-0.4, -0.2) is 56.7 Å². The number of hydrogen-bond acceptors (Lipinski definition) is 4. The van der Waals surface area contributed by atoms with Crippen molar-refractivity contribution in [1.82, 2.24) is 9.62 Å². The van der Waals surface area contributed by atoms with Crippen LogP contribution in [0, 0.1) is 11.3 Å². The monoisotopic (exact) mass is 344 g/mol. The van der Waals surface area contributed by atoms with Gasteiger partial charge in [-0.2, -0.15) is 0 Å². The SMILES string of the molecule is CCOC1CC(NC(=O)C2CCN(S(C)(=O)=O)CC2)C12CCC2. The molecule has 23 heavy (non-hydrogen) atoms. The molecule has 1 aliphatic heterocycles. The summed E-state index contributed by atoms with van der Waals surface area (Å²) in [7, 11) is -3.13. The maximum Gasteiger partial charge on any atom is 0.223 e. The van der Waals surface area contributed by atoms with Gasteiger partial charge in [0.2, 0.25) is 15.9 Å². The van der Waals surface area contributed by atoms with Crippen LogP contribution in [0.15, 0.2) is 0 Å². The van der Waals surface area contributed by atoms with Gasteiger partial charge in [0.1, 0.15) is 0 Å². The Balaban J connectivity index is 1.51. The van der Waals surface area contributed by atoms with Crippen LogP contribution in [-0.2, 0) is 19.6 Å². The Kier molecular flexibility index (Phi) is 4.73. The van der Waals surface area contributed by atoms with Crippen LogP contribution in [0.4, 0.5) is 0 Å². The summed E-state index contributed by atoms with van der Waals surface area (Å²) in [5.41, 5.74) is 0.180. The molecule has 0 aromatic rings. The second-order valence-corrected chi connectivity index (χ2v) is 9.25. The van der Waals surface area contributed by atoms with Crippen LogP contribution in [0.25, 0.3) is 0 Å². The highest BCUT2D eigenvalue weighted by molar-refractivity contribution is 7.88. The predicted molar refractivity (Wildman–Crippen MR) is 87.4 cm³/mol. The number of nitrogens with one attached hydrogen (secondary N) is 1. The van der Waals surface area contributed by atoms with Crippen molar-refractivity contribution in [3.05, 3.63) is 0 Å². The third kappa shape index (κ3) is 3.15. The normalized spacial score (nSPS) is 31.4. The lowest BCUT2D eigenvalue weighted by molar-refractivity contribution is -0.177. The molecule has 7 heteroatoms. The number of sulfonamides is 1. The third-order valence-electron chi connectivity index (χ3n) is 6.05. The first kappa shape index (κ1) is 17.2. The van der Waals surface area contributed by atoms with Gasteiger partial charge in [0.05, 0.1) is 12.4 Å². The van der Waals surface area contributed by atoms with Crippen LogP contribution in [0.1, 0.15) is 45.4 Å². The minimum Gasteiger partial charge on any atom is -0.378 e. The molecule has 0 aromatic heterocycles. The largest absolute Gasteiger partial charge is 0.378 e. The Labute approximate surface area is 139 Å². The fourth-order valence-corrected chi connectivity index (χ4v) is 5.25. The molecule has 6 nitrogen and oxygen atoms in total. The predicted octanol–water partition coefficient (Wildman–Crippen LogP) is 1.12. The Hall–Kier alpha value is -0.660. The Bertz CT molecular complexity index is 550. The minimum atomic E-state index is -3.13. The van der Waals surface area contributed by atoms with E-state index < -0.39 is 10.0 Å². The van der Waals surface area contributed by atoms with E-state index >= 15 is 0 Å². The minimum absolute atomic E-state index is 0.0590. The van der Waals surface area contributed by atoms with Gasteiger partial charge in [0.25, 0.3) is 0 Å². The summed E-state index contributed by atoms with van der Waals surface area (Å²) < 4.78 is 30.4. The molecule has 2 atom stereocenters. The van der Waals surface area contributed by atoms with Gasteiger partial charge in [-0.1, -0.05) is 6.42 Å². The number of amides is 1. The fourth-order valence-electron chi connectivity index (χ4n) is 4.38. The van der Waals surface area contributed by atoms with Gasteiger partial charge in [-0.05, 0) is 39.0 Å². The molecular weight excluding hydrogens is 316 g/mol. The summed E-state index contributed by atoms with van der Waals surface area (Å²) in [6.45, 7) is 3.66. The summed E-state index contributed by atoms with van der Waals surface area (Å²) in [5.74, 6) is 0.0423. The molecule has 1 spiro atoms. The van der Waals surface area contributed by atoms with E-state index in [0.29, 0.717) is 32.0 Å². The second-order valence-electron chi connectivity index (χ2n) is 7.26. The van der Waals surface area contributed by atoms with Gasteiger partial charge in [-0.25, -0.2) is 12.7 Å². The number of hydrogen-bond donors (Lipinski definition) is 1. The molecule has 3 aliphatic rings. The average molecular weight is 344 g/mol. The first-order valence-corrected chi connectivity index (χ1v) is 10.6. The van der Waals surface area contributed by atoms with E-state index in [2.05, 4.69) is 5.32 Å². The molecule has 132 valence electrons. The standard InChI is InChI=1S/C16H28N2O4S/c1-3-22-14-11-13(16(14)7-4-8-16)17-15(19)12-5-9-18(10-6-12)23(2,20)21/h12-14H,3-11H2,1-2H3,(H,17,19). The molecule has 1 amide bonds. The van der Waals surface area contributed by atoms with Crippen molar-refractivity contribution in [3.63, 3.8) is 0 Å². The molecule has 2 saturated carbocycles. The molecule has 1 heterocycles. The zero-order valence-electron chi connectivity index (χ0n) is 14.1. The maximum atomic E-state index is 12.5. The molecule has 1 saturated heterocycles. The number of rotatable bonds is 5. The van der Waals surface area contributed by atoms with Crippen molar-refractivity contribution in [3.8, 4) is 0 Å². The zero-order chi connectivity index (χ0) is 16.7.